The molecule has 0 radical (unpaired) electrons. The molecule has 0 spiro atoms. The van der Waals surface area contributed by atoms with Crippen molar-refractivity contribution in [3.63, 3.8) is 0 Å². The first kappa shape index (κ1) is 13.5. The van der Waals surface area contributed by atoms with Crippen LogP contribution in [-0.2, 0) is 0 Å². The Morgan fingerprint density at radius 3 is 2.65 bits per heavy atom. The number of halogens is 1. The number of unbranched alkanes of at least 4 members (excludes halogenated alkanes) is 1. The molecule has 1 aromatic carbocycles. The minimum atomic E-state index is -0.426. The molecule has 0 amide bonds. The van der Waals surface area contributed by atoms with Crippen LogP contribution in [0.5, 0.6) is 0 Å². The number of anilines is 1. The van der Waals surface area contributed by atoms with Crippen LogP contribution in [0.1, 0.15) is 32.3 Å². The molecule has 0 heterocycles. The lowest BCUT2D eigenvalue weighted by molar-refractivity contribution is 0.622. The molecule has 0 atom stereocenters. The maximum atomic E-state index is 13.7. The van der Waals surface area contributed by atoms with E-state index in [1.54, 1.807) is 6.07 Å². The van der Waals surface area contributed by atoms with Crippen LogP contribution in [-0.4, -0.2) is 18.9 Å². The Hall–Kier alpha value is -1.58. The number of hydrogen-bond donors (Lipinski definition) is 2. The Kier molecular flexibility index (Phi) is 4.94. The lowest BCUT2D eigenvalue weighted by Crippen LogP contribution is -2.28. The fraction of sp³-hybridized carbons (Fsp3) is 0.462. The molecule has 0 aliphatic rings. The number of hydrogen-bond acceptors (Lipinski definition) is 2. The quantitative estimate of drug-likeness (QED) is 0.590. The summed E-state index contributed by atoms with van der Waals surface area (Å²) in [6, 6.07) is 4.82. The topological polar surface area (TPSA) is 53.1 Å². The van der Waals surface area contributed by atoms with Crippen molar-refractivity contribution in [1.29, 1.82) is 5.41 Å². The molecule has 17 heavy (non-hydrogen) atoms. The molecule has 1 aromatic rings. The van der Waals surface area contributed by atoms with Crippen LogP contribution < -0.4 is 10.6 Å². The van der Waals surface area contributed by atoms with Crippen LogP contribution >= 0.6 is 0 Å². The van der Waals surface area contributed by atoms with Gasteiger partial charge < -0.3 is 10.6 Å². The van der Waals surface area contributed by atoms with Crippen molar-refractivity contribution in [3.05, 3.63) is 29.6 Å². The Morgan fingerprint density at radius 1 is 1.41 bits per heavy atom. The predicted molar refractivity (Wildman–Crippen MR) is 70.2 cm³/mol. The van der Waals surface area contributed by atoms with Gasteiger partial charge in [0.05, 0.1) is 11.3 Å². The van der Waals surface area contributed by atoms with Crippen molar-refractivity contribution in [2.24, 2.45) is 5.73 Å². The fourth-order valence-corrected chi connectivity index (χ4v) is 1.84. The first-order valence-electron chi connectivity index (χ1n) is 5.99. The third-order valence-corrected chi connectivity index (χ3v) is 2.76. The Balaban J connectivity index is 3.09. The highest BCUT2D eigenvalue weighted by Gasteiger charge is 2.15. The maximum Gasteiger partial charge on any atom is 0.136 e. The minimum absolute atomic E-state index is 0.213. The molecule has 0 aliphatic carbocycles. The minimum Gasteiger partial charge on any atom is -0.384 e. The first-order valence-corrected chi connectivity index (χ1v) is 5.99. The maximum absolute atomic E-state index is 13.7. The molecule has 0 aliphatic heterocycles. The summed E-state index contributed by atoms with van der Waals surface area (Å²) < 4.78 is 13.7. The van der Waals surface area contributed by atoms with Crippen molar-refractivity contribution in [2.45, 2.75) is 26.7 Å². The van der Waals surface area contributed by atoms with Crippen LogP contribution in [0.3, 0.4) is 0 Å². The van der Waals surface area contributed by atoms with Crippen LogP contribution in [0.4, 0.5) is 10.1 Å². The Bertz CT molecular complexity index is 390. The van der Waals surface area contributed by atoms with Crippen molar-refractivity contribution in [1.82, 2.24) is 0 Å². The highest BCUT2D eigenvalue weighted by molar-refractivity contribution is 6.00. The summed E-state index contributed by atoms with van der Waals surface area (Å²) in [5.41, 5.74) is 6.38. The van der Waals surface area contributed by atoms with Crippen LogP contribution in [0.15, 0.2) is 18.2 Å². The van der Waals surface area contributed by atoms with Crippen molar-refractivity contribution in [3.8, 4) is 0 Å². The summed E-state index contributed by atoms with van der Waals surface area (Å²) in [6.07, 6.45) is 2.13. The van der Waals surface area contributed by atoms with Gasteiger partial charge >= 0.3 is 0 Å². The number of amidine groups is 1. The van der Waals surface area contributed by atoms with E-state index in [0.29, 0.717) is 5.69 Å². The van der Waals surface area contributed by atoms with Crippen molar-refractivity contribution >= 4 is 11.5 Å². The second kappa shape index (κ2) is 6.23. The summed E-state index contributed by atoms with van der Waals surface area (Å²) in [4.78, 5) is 2.06. The molecule has 1 rings (SSSR count). The van der Waals surface area contributed by atoms with Gasteiger partial charge in [-0.1, -0.05) is 19.4 Å². The van der Waals surface area contributed by atoms with E-state index in [-0.39, 0.29) is 11.4 Å². The predicted octanol–water partition coefficient (Wildman–Crippen LogP) is 2.74. The zero-order chi connectivity index (χ0) is 12.8. The molecule has 0 unspecified atom stereocenters. The Labute approximate surface area is 102 Å². The van der Waals surface area contributed by atoms with E-state index < -0.39 is 5.82 Å². The standard InChI is InChI=1S/C13H20FN3/c1-3-5-9-17(4-2)11-8-6-7-10(14)12(11)13(15)16/h6-8H,3-5,9H2,1-2H3,(H3,15,16). The average molecular weight is 237 g/mol. The van der Waals surface area contributed by atoms with Gasteiger partial charge in [0.1, 0.15) is 11.7 Å². The monoisotopic (exact) mass is 237 g/mol. The molecular weight excluding hydrogens is 217 g/mol. The zero-order valence-corrected chi connectivity index (χ0v) is 10.5. The summed E-state index contributed by atoms with van der Waals surface area (Å²) in [7, 11) is 0. The summed E-state index contributed by atoms with van der Waals surface area (Å²) in [5.74, 6) is -0.641. The fourth-order valence-electron chi connectivity index (χ4n) is 1.84. The second-order valence-corrected chi connectivity index (χ2v) is 3.98. The molecule has 0 saturated carbocycles. The van der Waals surface area contributed by atoms with E-state index in [0.717, 1.165) is 25.9 Å². The van der Waals surface area contributed by atoms with Gasteiger partial charge in [0.25, 0.3) is 0 Å². The molecule has 94 valence electrons. The molecule has 0 saturated heterocycles. The number of nitrogen functional groups attached to an aromatic ring is 1. The zero-order valence-electron chi connectivity index (χ0n) is 10.5. The largest absolute Gasteiger partial charge is 0.384 e. The molecular formula is C13H20FN3. The molecule has 0 fully saturated rings. The van der Waals surface area contributed by atoms with Gasteiger partial charge in [-0.2, -0.15) is 0 Å². The molecule has 3 nitrogen and oxygen atoms in total. The second-order valence-electron chi connectivity index (χ2n) is 3.98. The SMILES string of the molecule is CCCCN(CC)c1cccc(F)c1C(=N)N. The van der Waals surface area contributed by atoms with E-state index in [2.05, 4.69) is 11.8 Å². The highest BCUT2D eigenvalue weighted by Crippen LogP contribution is 2.23. The van der Waals surface area contributed by atoms with E-state index in [4.69, 9.17) is 11.1 Å². The number of benzene rings is 1. The van der Waals surface area contributed by atoms with Gasteiger partial charge in [0, 0.05) is 13.1 Å². The number of nitrogens with zero attached hydrogens (tertiary/aromatic N) is 1. The number of rotatable bonds is 6. The lowest BCUT2D eigenvalue weighted by atomic mass is 10.1. The van der Waals surface area contributed by atoms with E-state index in [1.807, 2.05) is 13.0 Å². The van der Waals surface area contributed by atoms with Gasteiger partial charge in [0.2, 0.25) is 0 Å². The van der Waals surface area contributed by atoms with Gasteiger partial charge in [-0.15, -0.1) is 0 Å². The van der Waals surface area contributed by atoms with Crippen LogP contribution in [0.2, 0.25) is 0 Å². The highest BCUT2D eigenvalue weighted by atomic mass is 19.1. The van der Waals surface area contributed by atoms with Gasteiger partial charge in [-0.05, 0) is 25.5 Å². The third kappa shape index (κ3) is 3.19. The molecule has 0 aromatic heterocycles. The molecule has 3 N–H and O–H groups in total. The smallest absolute Gasteiger partial charge is 0.136 e. The van der Waals surface area contributed by atoms with E-state index >= 15 is 0 Å². The lowest BCUT2D eigenvalue weighted by Gasteiger charge is -2.25. The van der Waals surface area contributed by atoms with E-state index in [1.165, 1.54) is 6.07 Å². The molecule has 0 bridgehead atoms. The summed E-state index contributed by atoms with van der Waals surface area (Å²) in [5, 5.41) is 7.47. The summed E-state index contributed by atoms with van der Waals surface area (Å²) >= 11 is 0. The first-order chi connectivity index (χ1) is 8.11. The number of nitrogens with two attached hydrogens (primary N) is 1. The van der Waals surface area contributed by atoms with Crippen molar-refractivity contribution in [2.75, 3.05) is 18.0 Å². The van der Waals surface area contributed by atoms with Crippen LogP contribution in [0.25, 0.3) is 0 Å². The Morgan fingerprint density at radius 2 is 2.12 bits per heavy atom. The van der Waals surface area contributed by atoms with Crippen molar-refractivity contribution < 1.29 is 4.39 Å². The summed E-state index contributed by atoms with van der Waals surface area (Å²) in [6.45, 7) is 5.77. The van der Waals surface area contributed by atoms with Gasteiger partial charge in [0.15, 0.2) is 0 Å². The third-order valence-electron chi connectivity index (χ3n) is 2.76. The normalized spacial score (nSPS) is 10.3. The van der Waals surface area contributed by atoms with E-state index in [9.17, 15) is 4.39 Å². The van der Waals surface area contributed by atoms with Crippen LogP contribution in [0, 0.1) is 11.2 Å². The van der Waals surface area contributed by atoms with Gasteiger partial charge in [-0.3, -0.25) is 5.41 Å². The number of nitrogens with one attached hydrogen (secondary N) is 1. The van der Waals surface area contributed by atoms with Gasteiger partial charge in [-0.25, -0.2) is 4.39 Å². The average Bonchev–Trinajstić information content (AvgIpc) is 2.29. The molecule has 4 heteroatoms.